The first-order chi connectivity index (χ1) is 14.7. The van der Waals surface area contributed by atoms with Crippen LogP contribution in [0.15, 0.2) is 52.3 Å². The Labute approximate surface area is 192 Å². The van der Waals surface area contributed by atoms with Crippen LogP contribution in [0, 0.1) is 0 Å². The number of carbonyl (C=O) groups is 1. The van der Waals surface area contributed by atoms with Gasteiger partial charge in [-0.3, -0.25) is 9.69 Å². The molecule has 31 heavy (non-hydrogen) atoms. The number of para-hydroxylation sites is 1. The standard InChI is InChI=1S/C22H27N3O3S3/c1-5-31(27,28)17-11-9-16(10-12-17)15-20(26)25(14-13-24(2)3)22-23-21-18(29-4)7-6-8-19(21)30-22/h6-12H,5,13-15H2,1-4H3. The van der Waals surface area contributed by atoms with Crippen molar-refractivity contribution >= 4 is 54.2 Å². The Hall–Kier alpha value is -1.94. The van der Waals surface area contributed by atoms with Crippen LogP contribution >= 0.6 is 23.1 Å². The van der Waals surface area contributed by atoms with Crippen LogP contribution in [-0.4, -0.2) is 63.4 Å². The van der Waals surface area contributed by atoms with Crippen molar-refractivity contribution in [1.82, 2.24) is 9.88 Å². The number of fused-ring (bicyclic) bond motifs is 1. The summed E-state index contributed by atoms with van der Waals surface area (Å²) in [7, 11) is 0.690. The molecule has 0 radical (unpaired) electrons. The van der Waals surface area contributed by atoms with Crippen molar-refractivity contribution in [1.29, 1.82) is 0 Å². The van der Waals surface area contributed by atoms with Crippen LogP contribution in [0.3, 0.4) is 0 Å². The summed E-state index contributed by atoms with van der Waals surface area (Å²) in [6.45, 7) is 2.86. The Morgan fingerprint density at radius 1 is 1.10 bits per heavy atom. The molecule has 0 saturated carbocycles. The second-order valence-corrected chi connectivity index (χ2v) is 11.5. The van der Waals surface area contributed by atoms with Gasteiger partial charge in [0.05, 0.1) is 27.3 Å². The molecule has 6 nitrogen and oxygen atoms in total. The summed E-state index contributed by atoms with van der Waals surface area (Å²) >= 11 is 3.16. The third-order valence-corrected chi connectivity index (χ3v) is 8.47. The molecule has 9 heteroatoms. The maximum atomic E-state index is 13.2. The monoisotopic (exact) mass is 477 g/mol. The average molecular weight is 478 g/mol. The fourth-order valence-corrected chi connectivity index (χ4v) is 5.62. The van der Waals surface area contributed by atoms with Gasteiger partial charge in [0.25, 0.3) is 0 Å². The number of likely N-dealkylation sites (N-methyl/N-ethyl adjacent to an activating group) is 1. The molecule has 0 unspecified atom stereocenters. The van der Waals surface area contributed by atoms with E-state index in [-0.39, 0.29) is 23.0 Å². The number of aromatic nitrogens is 1. The maximum absolute atomic E-state index is 13.2. The lowest BCUT2D eigenvalue weighted by molar-refractivity contribution is -0.118. The summed E-state index contributed by atoms with van der Waals surface area (Å²) < 4.78 is 25.1. The van der Waals surface area contributed by atoms with E-state index in [9.17, 15) is 13.2 Å². The van der Waals surface area contributed by atoms with Gasteiger partial charge < -0.3 is 4.90 Å². The van der Waals surface area contributed by atoms with E-state index in [0.29, 0.717) is 18.2 Å². The number of sulfone groups is 1. The largest absolute Gasteiger partial charge is 0.308 e. The summed E-state index contributed by atoms with van der Waals surface area (Å²) in [6, 6.07) is 12.7. The number of rotatable bonds is 9. The van der Waals surface area contributed by atoms with E-state index in [1.165, 1.54) is 11.3 Å². The fraction of sp³-hybridized carbons (Fsp3) is 0.364. The molecule has 0 aliphatic carbocycles. The molecule has 3 rings (SSSR count). The predicted octanol–water partition coefficient (Wildman–Crippen LogP) is 3.95. The van der Waals surface area contributed by atoms with E-state index in [0.717, 1.165) is 20.7 Å². The smallest absolute Gasteiger partial charge is 0.233 e. The molecule has 0 bridgehead atoms. The van der Waals surface area contributed by atoms with Gasteiger partial charge in [0.1, 0.15) is 0 Å². The van der Waals surface area contributed by atoms with Gasteiger partial charge in [0.2, 0.25) is 5.91 Å². The molecular formula is C22H27N3O3S3. The number of carbonyl (C=O) groups excluding carboxylic acids is 1. The summed E-state index contributed by atoms with van der Waals surface area (Å²) in [5.41, 5.74) is 1.70. The molecule has 1 amide bonds. The second kappa shape index (κ2) is 10.1. The van der Waals surface area contributed by atoms with Crippen molar-refractivity contribution in [3.05, 3.63) is 48.0 Å². The Morgan fingerprint density at radius 3 is 2.42 bits per heavy atom. The highest BCUT2D eigenvalue weighted by Gasteiger charge is 2.21. The van der Waals surface area contributed by atoms with Crippen LogP contribution in [0.5, 0.6) is 0 Å². The van der Waals surface area contributed by atoms with E-state index in [2.05, 4.69) is 0 Å². The number of hydrogen-bond acceptors (Lipinski definition) is 7. The van der Waals surface area contributed by atoms with Crippen LogP contribution in [0.25, 0.3) is 10.2 Å². The number of thioether (sulfide) groups is 1. The lowest BCUT2D eigenvalue weighted by Gasteiger charge is -2.22. The molecule has 0 saturated heterocycles. The average Bonchev–Trinajstić information content (AvgIpc) is 3.18. The molecule has 0 N–H and O–H groups in total. The molecule has 1 aromatic heterocycles. The minimum absolute atomic E-state index is 0.0548. The molecule has 0 atom stereocenters. The number of hydrogen-bond donors (Lipinski definition) is 0. The van der Waals surface area contributed by atoms with Crippen molar-refractivity contribution < 1.29 is 13.2 Å². The van der Waals surface area contributed by atoms with Crippen LogP contribution in [0.4, 0.5) is 5.13 Å². The zero-order valence-corrected chi connectivity index (χ0v) is 20.6. The van der Waals surface area contributed by atoms with Crippen molar-refractivity contribution in [3.63, 3.8) is 0 Å². The Morgan fingerprint density at radius 2 is 1.81 bits per heavy atom. The van der Waals surface area contributed by atoms with E-state index >= 15 is 0 Å². The number of amides is 1. The zero-order chi connectivity index (χ0) is 22.6. The van der Waals surface area contributed by atoms with Gasteiger partial charge in [-0.05, 0) is 50.2 Å². The highest BCUT2D eigenvalue weighted by molar-refractivity contribution is 7.98. The first kappa shape index (κ1) is 23.7. The van der Waals surface area contributed by atoms with Crippen LogP contribution < -0.4 is 4.90 Å². The van der Waals surface area contributed by atoms with Gasteiger partial charge in [-0.25, -0.2) is 13.4 Å². The molecular weight excluding hydrogens is 450 g/mol. The van der Waals surface area contributed by atoms with E-state index in [4.69, 9.17) is 4.98 Å². The summed E-state index contributed by atoms with van der Waals surface area (Å²) in [6.07, 6.45) is 2.20. The molecule has 3 aromatic rings. The van der Waals surface area contributed by atoms with Gasteiger partial charge in [0.15, 0.2) is 15.0 Å². The Balaban J connectivity index is 1.87. The Bertz CT molecular complexity index is 1160. The van der Waals surface area contributed by atoms with Crippen molar-refractivity contribution in [2.24, 2.45) is 0 Å². The minimum atomic E-state index is -3.25. The van der Waals surface area contributed by atoms with E-state index < -0.39 is 9.84 Å². The van der Waals surface area contributed by atoms with Crippen LogP contribution in [0.1, 0.15) is 12.5 Å². The van der Waals surface area contributed by atoms with Gasteiger partial charge in [-0.1, -0.05) is 36.5 Å². The van der Waals surface area contributed by atoms with Gasteiger partial charge in [-0.15, -0.1) is 11.8 Å². The maximum Gasteiger partial charge on any atom is 0.233 e. The normalized spacial score (nSPS) is 11.9. The van der Waals surface area contributed by atoms with Gasteiger partial charge in [-0.2, -0.15) is 0 Å². The molecule has 2 aromatic carbocycles. The van der Waals surface area contributed by atoms with Crippen molar-refractivity contribution in [2.45, 2.75) is 23.1 Å². The molecule has 1 heterocycles. The number of anilines is 1. The van der Waals surface area contributed by atoms with E-state index in [1.54, 1.807) is 47.9 Å². The fourth-order valence-electron chi connectivity index (χ4n) is 3.07. The van der Waals surface area contributed by atoms with Gasteiger partial charge in [0, 0.05) is 18.0 Å². The Kier molecular flexibility index (Phi) is 7.74. The first-order valence-corrected chi connectivity index (χ1v) is 13.6. The predicted molar refractivity (Wildman–Crippen MR) is 130 cm³/mol. The molecule has 0 aliphatic heterocycles. The van der Waals surface area contributed by atoms with Crippen LogP contribution in [0.2, 0.25) is 0 Å². The zero-order valence-electron chi connectivity index (χ0n) is 18.2. The summed E-state index contributed by atoms with van der Waals surface area (Å²) in [5.74, 6) is -0.00289. The highest BCUT2D eigenvalue weighted by atomic mass is 32.2. The molecule has 0 aliphatic rings. The van der Waals surface area contributed by atoms with Crippen molar-refractivity contribution in [3.8, 4) is 0 Å². The second-order valence-electron chi connectivity index (χ2n) is 7.38. The quantitative estimate of drug-likeness (QED) is 0.435. The third kappa shape index (κ3) is 5.65. The number of thiazole rings is 1. The number of benzene rings is 2. The van der Waals surface area contributed by atoms with Crippen molar-refractivity contribution in [2.75, 3.05) is 44.1 Å². The summed E-state index contributed by atoms with van der Waals surface area (Å²) in [4.78, 5) is 23.2. The summed E-state index contributed by atoms with van der Waals surface area (Å²) in [5, 5.41) is 0.688. The third-order valence-electron chi connectivity index (χ3n) is 4.91. The van der Waals surface area contributed by atoms with Gasteiger partial charge >= 0.3 is 0 Å². The number of nitrogens with zero attached hydrogens (tertiary/aromatic N) is 3. The highest BCUT2D eigenvalue weighted by Crippen LogP contribution is 2.34. The topological polar surface area (TPSA) is 70.6 Å². The molecule has 166 valence electrons. The molecule has 0 spiro atoms. The lowest BCUT2D eigenvalue weighted by atomic mass is 10.1. The van der Waals surface area contributed by atoms with Crippen LogP contribution in [-0.2, 0) is 21.1 Å². The lowest BCUT2D eigenvalue weighted by Crippen LogP contribution is -2.37. The SMILES string of the molecule is CCS(=O)(=O)c1ccc(CC(=O)N(CCN(C)C)c2nc3c(SC)cccc3s2)cc1. The van der Waals surface area contributed by atoms with E-state index in [1.807, 2.05) is 43.5 Å². The minimum Gasteiger partial charge on any atom is -0.308 e. The molecule has 0 fully saturated rings. The first-order valence-electron chi connectivity index (χ1n) is 9.95.